The molecule has 0 spiro atoms. The van der Waals surface area contributed by atoms with Crippen LogP contribution >= 0.6 is 0 Å². The van der Waals surface area contributed by atoms with Crippen molar-refractivity contribution < 1.29 is 45.5 Å². The average Bonchev–Trinajstić information content (AvgIpc) is 3.13. The Morgan fingerprint density at radius 1 is 0.484 bits per heavy atom. The lowest BCUT2D eigenvalue weighted by atomic mass is 9.72. The van der Waals surface area contributed by atoms with E-state index in [-0.39, 0.29) is 0 Å². The Morgan fingerprint density at radius 2 is 0.774 bits per heavy atom. The van der Waals surface area contributed by atoms with Gasteiger partial charge in [0.05, 0.1) is 22.3 Å². The lowest BCUT2D eigenvalue weighted by Gasteiger charge is -2.30. The average molecular weight is 442 g/mol. The van der Waals surface area contributed by atoms with E-state index >= 15 is 0 Å². The molecule has 0 fully saturated rings. The third-order valence-electron chi connectivity index (χ3n) is 5.26. The van der Waals surface area contributed by atoms with Gasteiger partial charge in [0.15, 0.2) is 34.9 Å². The fourth-order valence-electron chi connectivity index (χ4n) is 3.96. The van der Waals surface area contributed by atoms with Crippen LogP contribution < -0.4 is 10.6 Å². The zero-order valence-corrected chi connectivity index (χ0v) is 15.4. The highest BCUT2D eigenvalue weighted by molar-refractivity contribution is 6.23. The van der Waals surface area contributed by atoms with Gasteiger partial charge >= 0.3 is 0 Å². The van der Waals surface area contributed by atoms with Crippen molar-refractivity contribution in [3.63, 3.8) is 0 Å². The summed E-state index contributed by atoms with van der Waals surface area (Å²) in [6.45, 7) is 1.79. The second-order valence-corrected chi connectivity index (χ2v) is 7.33. The van der Waals surface area contributed by atoms with Crippen LogP contribution in [0.25, 0.3) is 0 Å². The van der Waals surface area contributed by atoms with Crippen molar-refractivity contribution >= 4 is 23.6 Å². The number of halogens is 6. The maximum atomic E-state index is 14.9. The van der Waals surface area contributed by atoms with Crippen LogP contribution in [0.2, 0.25) is 0 Å². The third-order valence-corrected chi connectivity index (χ3v) is 5.26. The van der Waals surface area contributed by atoms with Crippen LogP contribution in [0, 0.1) is 34.9 Å². The molecule has 160 valence electrons. The number of rotatable bonds is 2. The van der Waals surface area contributed by atoms with Crippen molar-refractivity contribution in [1.29, 1.82) is 0 Å². The zero-order chi connectivity index (χ0) is 23.2. The number of nitrogens with one attached hydrogen (secondary N) is 2. The summed E-state index contributed by atoms with van der Waals surface area (Å²) >= 11 is 0. The van der Waals surface area contributed by atoms with Crippen LogP contribution in [0.3, 0.4) is 0 Å². The molecule has 0 atom stereocenters. The lowest BCUT2D eigenvalue weighted by molar-refractivity contribution is 0.0861. The molecule has 6 nitrogen and oxygen atoms in total. The number of hydrogen-bond acceptors (Lipinski definition) is 4. The van der Waals surface area contributed by atoms with Gasteiger partial charge < -0.3 is 0 Å². The van der Waals surface area contributed by atoms with E-state index in [9.17, 15) is 45.5 Å². The SMILES string of the molecule is CC(C)(c1c(F)c(F)c(F)c2c1C(=O)NC2=O)c1c(F)c(F)c(F)c2c1C(=O)NC2=O. The van der Waals surface area contributed by atoms with E-state index in [1.54, 1.807) is 10.6 Å². The number of carbonyl (C=O) groups is 4. The Balaban J connectivity index is 2.18. The molecular weight excluding hydrogens is 434 g/mol. The summed E-state index contributed by atoms with van der Waals surface area (Å²) in [6.07, 6.45) is 0. The van der Waals surface area contributed by atoms with Gasteiger partial charge in [-0.3, -0.25) is 29.8 Å². The first-order valence-corrected chi connectivity index (χ1v) is 8.45. The summed E-state index contributed by atoms with van der Waals surface area (Å²) in [7, 11) is 0. The Morgan fingerprint density at radius 3 is 1.10 bits per heavy atom. The topological polar surface area (TPSA) is 92.3 Å². The molecule has 0 radical (unpaired) electrons. The largest absolute Gasteiger partial charge is 0.288 e. The van der Waals surface area contributed by atoms with Gasteiger partial charge in [-0.1, -0.05) is 13.8 Å². The Kier molecular flexibility index (Phi) is 4.08. The molecule has 31 heavy (non-hydrogen) atoms. The highest BCUT2D eigenvalue weighted by atomic mass is 19.2. The van der Waals surface area contributed by atoms with E-state index in [2.05, 4.69) is 0 Å². The van der Waals surface area contributed by atoms with Crippen molar-refractivity contribution in [1.82, 2.24) is 10.6 Å². The second-order valence-electron chi connectivity index (χ2n) is 7.33. The minimum absolute atomic E-state index is 0.894. The smallest absolute Gasteiger partial charge is 0.262 e. The van der Waals surface area contributed by atoms with Crippen LogP contribution in [0.1, 0.15) is 66.4 Å². The highest BCUT2D eigenvalue weighted by Crippen LogP contribution is 2.44. The van der Waals surface area contributed by atoms with Crippen LogP contribution in [0.15, 0.2) is 0 Å². The first-order valence-electron chi connectivity index (χ1n) is 8.45. The fraction of sp³-hybridized carbons (Fsp3) is 0.158. The minimum Gasteiger partial charge on any atom is -0.288 e. The molecule has 0 aliphatic carbocycles. The third kappa shape index (κ3) is 2.41. The van der Waals surface area contributed by atoms with Crippen molar-refractivity contribution in [2.45, 2.75) is 19.3 Å². The molecule has 2 aliphatic rings. The molecule has 2 heterocycles. The van der Waals surface area contributed by atoms with Gasteiger partial charge in [-0.2, -0.15) is 0 Å². The summed E-state index contributed by atoms with van der Waals surface area (Å²) in [5.41, 5.74) is -8.93. The Labute approximate surface area is 168 Å². The molecule has 2 aliphatic heterocycles. The molecule has 2 N–H and O–H groups in total. The number of imide groups is 2. The predicted octanol–water partition coefficient (Wildman–Crippen LogP) is 2.61. The summed E-state index contributed by atoms with van der Waals surface area (Å²) in [6, 6.07) is 0. The number of hydrogen-bond donors (Lipinski definition) is 2. The minimum atomic E-state index is -2.38. The lowest BCUT2D eigenvalue weighted by Crippen LogP contribution is -2.31. The van der Waals surface area contributed by atoms with Crippen molar-refractivity contribution in [3.8, 4) is 0 Å². The monoisotopic (exact) mass is 442 g/mol. The summed E-state index contributed by atoms with van der Waals surface area (Å²) < 4.78 is 86.6. The Bertz CT molecular complexity index is 1200. The first-order chi connectivity index (χ1) is 14.3. The Hall–Kier alpha value is -3.70. The fourth-order valence-corrected chi connectivity index (χ4v) is 3.96. The number of amides is 4. The number of benzene rings is 2. The molecule has 0 unspecified atom stereocenters. The maximum absolute atomic E-state index is 14.9. The molecule has 2 aromatic carbocycles. The van der Waals surface area contributed by atoms with E-state index in [4.69, 9.17) is 0 Å². The number of carbonyl (C=O) groups excluding carboxylic acids is 4. The van der Waals surface area contributed by atoms with Crippen molar-refractivity contribution in [2.75, 3.05) is 0 Å². The van der Waals surface area contributed by atoms with Gasteiger partial charge in [0.25, 0.3) is 23.6 Å². The van der Waals surface area contributed by atoms with Gasteiger partial charge in [-0.25, -0.2) is 26.3 Å². The van der Waals surface area contributed by atoms with Gasteiger partial charge in [-0.05, 0) is 0 Å². The highest BCUT2D eigenvalue weighted by Gasteiger charge is 2.48. The van der Waals surface area contributed by atoms with Gasteiger partial charge in [0.1, 0.15) is 0 Å². The predicted molar refractivity (Wildman–Crippen MR) is 88.4 cm³/mol. The van der Waals surface area contributed by atoms with E-state index in [0.29, 0.717) is 0 Å². The summed E-state index contributed by atoms with van der Waals surface area (Å²) in [5, 5.41) is 3.26. The van der Waals surface area contributed by atoms with Crippen LogP contribution in [0.4, 0.5) is 26.3 Å². The first kappa shape index (κ1) is 20.6. The zero-order valence-electron chi connectivity index (χ0n) is 15.4. The second kappa shape index (κ2) is 6.15. The molecule has 0 aromatic heterocycles. The normalized spacial score (nSPS) is 15.2. The van der Waals surface area contributed by atoms with E-state index in [1.165, 1.54) is 0 Å². The summed E-state index contributed by atoms with van der Waals surface area (Å²) in [5.74, 6) is -17.9. The molecule has 0 saturated heterocycles. The van der Waals surface area contributed by atoms with Crippen LogP contribution in [0.5, 0.6) is 0 Å². The van der Waals surface area contributed by atoms with Crippen molar-refractivity contribution in [2.24, 2.45) is 0 Å². The molecular formula is C19H8F6N2O4. The summed E-state index contributed by atoms with van der Waals surface area (Å²) in [4.78, 5) is 48.1. The molecule has 4 amide bonds. The maximum Gasteiger partial charge on any atom is 0.262 e. The van der Waals surface area contributed by atoms with Crippen molar-refractivity contribution in [3.05, 3.63) is 68.3 Å². The van der Waals surface area contributed by atoms with Gasteiger partial charge in [0.2, 0.25) is 0 Å². The van der Waals surface area contributed by atoms with E-state index < -0.39 is 97.3 Å². The van der Waals surface area contributed by atoms with Crippen LogP contribution in [-0.2, 0) is 5.41 Å². The molecule has 2 aromatic rings. The van der Waals surface area contributed by atoms with E-state index in [1.807, 2.05) is 0 Å². The van der Waals surface area contributed by atoms with E-state index in [0.717, 1.165) is 13.8 Å². The molecule has 0 saturated carbocycles. The van der Waals surface area contributed by atoms with Crippen LogP contribution in [-0.4, -0.2) is 23.6 Å². The number of fused-ring (bicyclic) bond motifs is 2. The standard InChI is InChI=1S/C19H8F6N2O4/c1-19(2,7-3-5(17(30)26-15(3)28)9(20)13(24)11(7)22)8-4-6(18(31)27-16(4)29)10(21)14(25)12(8)23/h1-2H3,(H,26,28,30)(H,27,29,31). The molecule has 12 heteroatoms. The molecule has 4 rings (SSSR count). The quantitative estimate of drug-likeness (QED) is 0.425. The van der Waals surface area contributed by atoms with Gasteiger partial charge in [0, 0.05) is 16.5 Å². The molecule has 0 bridgehead atoms. The van der Waals surface area contributed by atoms with Gasteiger partial charge in [-0.15, -0.1) is 0 Å².